The lowest BCUT2D eigenvalue weighted by Gasteiger charge is -2.15. The molecule has 18 heavy (non-hydrogen) atoms. The van der Waals surface area contributed by atoms with Gasteiger partial charge >= 0.3 is 0 Å². The molecule has 1 heterocycles. The molecule has 0 unspecified atom stereocenters. The van der Waals surface area contributed by atoms with Crippen molar-refractivity contribution in [2.45, 2.75) is 0 Å². The van der Waals surface area contributed by atoms with Crippen LogP contribution >= 0.6 is 23.2 Å². The van der Waals surface area contributed by atoms with E-state index in [0.29, 0.717) is 15.8 Å². The normalized spacial score (nSPS) is 11.1. The van der Waals surface area contributed by atoms with E-state index in [2.05, 4.69) is 0 Å². The first-order valence-corrected chi connectivity index (χ1v) is 6.02. The van der Waals surface area contributed by atoms with Gasteiger partial charge in [-0.25, -0.2) is 5.84 Å². The second-order valence-corrected chi connectivity index (χ2v) is 4.63. The fourth-order valence-electron chi connectivity index (χ4n) is 1.58. The van der Waals surface area contributed by atoms with Gasteiger partial charge in [-0.05, 0) is 24.3 Å². The van der Waals surface area contributed by atoms with Crippen molar-refractivity contribution < 1.29 is 4.42 Å². The van der Waals surface area contributed by atoms with E-state index in [1.54, 1.807) is 19.2 Å². The van der Waals surface area contributed by atoms with Crippen molar-refractivity contribution in [3.05, 3.63) is 51.9 Å². The van der Waals surface area contributed by atoms with Crippen molar-refractivity contribution in [3.63, 3.8) is 0 Å². The van der Waals surface area contributed by atoms with Gasteiger partial charge < -0.3 is 9.43 Å². The van der Waals surface area contributed by atoms with Crippen LogP contribution in [0.4, 0.5) is 5.69 Å². The minimum Gasteiger partial charge on any atom is -0.463 e. The molecular weight excluding hydrogens is 271 g/mol. The minimum absolute atomic E-state index is 0.560. The molecule has 0 saturated carbocycles. The zero-order chi connectivity index (χ0) is 13.1. The Morgan fingerprint density at radius 3 is 2.67 bits per heavy atom. The molecule has 0 spiro atoms. The first-order chi connectivity index (χ1) is 8.58. The van der Waals surface area contributed by atoms with Gasteiger partial charge in [0.25, 0.3) is 0 Å². The number of nitrogens with zero attached hydrogens (tertiary/aromatic N) is 1. The molecule has 2 N–H and O–H groups in total. The second kappa shape index (κ2) is 5.48. The molecular formula is C13H12Cl2N2O. The largest absolute Gasteiger partial charge is 0.463 e. The van der Waals surface area contributed by atoms with Crippen LogP contribution in [0.25, 0.3) is 12.2 Å². The van der Waals surface area contributed by atoms with Gasteiger partial charge in [0.15, 0.2) is 0 Å². The summed E-state index contributed by atoms with van der Waals surface area (Å²) in [5, 5.41) is 2.70. The third-order valence-electron chi connectivity index (χ3n) is 2.41. The van der Waals surface area contributed by atoms with E-state index in [-0.39, 0.29) is 0 Å². The van der Waals surface area contributed by atoms with E-state index in [0.717, 1.165) is 11.3 Å². The van der Waals surface area contributed by atoms with E-state index < -0.39 is 0 Å². The fraction of sp³-hybridized carbons (Fsp3) is 0.0769. The predicted octanol–water partition coefficient (Wildman–Crippen LogP) is 4.07. The van der Waals surface area contributed by atoms with E-state index in [9.17, 15) is 0 Å². The molecule has 0 amide bonds. The van der Waals surface area contributed by atoms with Gasteiger partial charge in [-0.3, -0.25) is 0 Å². The molecule has 0 fully saturated rings. The molecule has 1 aromatic heterocycles. The van der Waals surface area contributed by atoms with Gasteiger partial charge in [-0.1, -0.05) is 29.3 Å². The average Bonchev–Trinajstić information content (AvgIpc) is 2.73. The highest BCUT2D eigenvalue weighted by Gasteiger charge is 2.06. The fourth-order valence-corrected chi connectivity index (χ4v) is 1.96. The van der Waals surface area contributed by atoms with Gasteiger partial charge in [0.1, 0.15) is 12.0 Å². The number of halogens is 2. The number of rotatable bonds is 3. The molecule has 2 aromatic rings. The Morgan fingerprint density at radius 1 is 1.28 bits per heavy atom. The van der Waals surface area contributed by atoms with E-state index in [4.69, 9.17) is 33.5 Å². The standard InChI is InChI=1S/C13H12Cl2N2O/c1-17(16)13-4-2-3-12(15)11(13)6-5-10-7-9(14)8-18-10/h2-8H,16H2,1H3/b6-5+. The number of anilines is 1. The number of hydrogen-bond donors (Lipinski definition) is 1. The first-order valence-electron chi connectivity index (χ1n) is 5.27. The lowest BCUT2D eigenvalue weighted by molar-refractivity contribution is 0.557. The molecule has 2 rings (SSSR count). The van der Waals surface area contributed by atoms with Crippen molar-refractivity contribution in [2.24, 2.45) is 5.84 Å². The summed E-state index contributed by atoms with van der Waals surface area (Å²) in [5.41, 5.74) is 1.66. The van der Waals surface area contributed by atoms with Crippen LogP contribution in [0.5, 0.6) is 0 Å². The van der Waals surface area contributed by atoms with Gasteiger partial charge in [-0.2, -0.15) is 0 Å². The molecule has 1 aromatic carbocycles. The molecule has 0 radical (unpaired) electrons. The number of benzene rings is 1. The van der Waals surface area contributed by atoms with Crippen LogP contribution in [0.1, 0.15) is 11.3 Å². The Bertz CT molecular complexity index is 576. The topological polar surface area (TPSA) is 42.4 Å². The first kappa shape index (κ1) is 13.0. The van der Waals surface area contributed by atoms with E-state index >= 15 is 0 Å². The van der Waals surface area contributed by atoms with Crippen molar-refractivity contribution in [3.8, 4) is 0 Å². The smallest absolute Gasteiger partial charge is 0.128 e. The van der Waals surface area contributed by atoms with Crippen LogP contribution < -0.4 is 10.9 Å². The molecule has 0 bridgehead atoms. The highest BCUT2D eigenvalue weighted by molar-refractivity contribution is 6.32. The maximum atomic E-state index is 6.15. The molecule has 5 heteroatoms. The molecule has 94 valence electrons. The Morgan fingerprint density at radius 2 is 2.06 bits per heavy atom. The van der Waals surface area contributed by atoms with Gasteiger partial charge in [0, 0.05) is 23.7 Å². The Kier molecular flexibility index (Phi) is 3.97. The highest BCUT2D eigenvalue weighted by atomic mass is 35.5. The minimum atomic E-state index is 0.560. The number of hydrogen-bond acceptors (Lipinski definition) is 3. The van der Waals surface area contributed by atoms with Crippen LogP contribution in [0.15, 0.2) is 34.9 Å². The number of furan rings is 1. The molecule has 0 aliphatic rings. The summed E-state index contributed by atoms with van der Waals surface area (Å²) in [7, 11) is 1.76. The van der Waals surface area contributed by atoms with Crippen molar-refractivity contribution in [1.82, 2.24) is 0 Å². The van der Waals surface area contributed by atoms with Crippen LogP contribution in [0.3, 0.4) is 0 Å². The Hall–Kier alpha value is -1.42. The number of hydrazine groups is 1. The summed E-state index contributed by atoms with van der Waals surface area (Å²) < 4.78 is 5.22. The number of nitrogens with two attached hydrogens (primary N) is 1. The van der Waals surface area contributed by atoms with E-state index in [1.165, 1.54) is 11.3 Å². The van der Waals surface area contributed by atoms with E-state index in [1.807, 2.05) is 24.3 Å². The maximum Gasteiger partial charge on any atom is 0.128 e. The monoisotopic (exact) mass is 282 g/mol. The summed E-state index contributed by atoms with van der Waals surface area (Å²) >= 11 is 11.9. The van der Waals surface area contributed by atoms with Crippen molar-refractivity contribution in [1.29, 1.82) is 0 Å². The van der Waals surface area contributed by atoms with Crippen molar-refractivity contribution in [2.75, 3.05) is 12.1 Å². The summed E-state index contributed by atoms with van der Waals surface area (Å²) in [6.45, 7) is 0. The molecule has 0 saturated heterocycles. The zero-order valence-electron chi connectivity index (χ0n) is 9.73. The second-order valence-electron chi connectivity index (χ2n) is 3.78. The summed E-state index contributed by atoms with van der Waals surface area (Å²) in [6, 6.07) is 7.27. The molecule has 0 aliphatic carbocycles. The lowest BCUT2D eigenvalue weighted by Crippen LogP contribution is -2.25. The average molecular weight is 283 g/mol. The van der Waals surface area contributed by atoms with Gasteiger partial charge in [0.05, 0.1) is 10.7 Å². The Labute approximate surface area is 115 Å². The summed E-state index contributed by atoms with van der Waals surface area (Å²) in [5.74, 6) is 6.41. The third-order valence-corrected chi connectivity index (χ3v) is 2.94. The Balaban J connectivity index is 2.36. The van der Waals surface area contributed by atoms with Gasteiger partial charge in [-0.15, -0.1) is 0 Å². The zero-order valence-corrected chi connectivity index (χ0v) is 11.2. The van der Waals surface area contributed by atoms with Crippen LogP contribution in [-0.4, -0.2) is 7.05 Å². The van der Waals surface area contributed by atoms with Crippen LogP contribution in [0.2, 0.25) is 10.0 Å². The van der Waals surface area contributed by atoms with Gasteiger partial charge in [0.2, 0.25) is 0 Å². The predicted molar refractivity (Wildman–Crippen MR) is 76.7 cm³/mol. The van der Waals surface area contributed by atoms with Crippen LogP contribution in [-0.2, 0) is 0 Å². The SMILES string of the molecule is CN(N)c1cccc(Cl)c1/C=C/c1cc(Cl)co1. The lowest BCUT2D eigenvalue weighted by atomic mass is 10.1. The van der Waals surface area contributed by atoms with Crippen molar-refractivity contribution >= 4 is 41.0 Å². The maximum absolute atomic E-state index is 6.15. The molecule has 0 aliphatic heterocycles. The summed E-state index contributed by atoms with van der Waals surface area (Å²) in [6.07, 6.45) is 5.11. The highest BCUT2D eigenvalue weighted by Crippen LogP contribution is 2.28. The molecule has 0 atom stereocenters. The van der Waals surface area contributed by atoms with Crippen LogP contribution in [0, 0.1) is 0 Å². The summed E-state index contributed by atoms with van der Waals surface area (Å²) in [4.78, 5) is 0. The third kappa shape index (κ3) is 2.88. The quantitative estimate of drug-likeness (QED) is 0.682. The molecule has 3 nitrogen and oxygen atoms in total.